The minimum Gasteiger partial charge on any atom is -0.463 e. The molecule has 0 radical (unpaired) electrons. The second-order valence-electron chi connectivity index (χ2n) is 7.47. The van der Waals surface area contributed by atoms with Gasteiger partial charge in [-0.1, -0.05) is 29.6 Å². The maximum absolute atomic E-state index is 12.3. The van der Waals surface area contributed by atoms with Crippen molar-refractivity contribution in [1.82, 2.24) is 14.6 Å². The normalized spacial score (nSPS) is 19.9. The summed E-state index contributed by atoms with van der Waals surface area (Å²) in [5, 5.41) is 3.79. The van der Waals surface area contributed by atoms with Gasteiger partial charge >= 0.3 is 5.97 Å². The average Bonchev–Trinajstić information content (AvgIpc) is 3.42. The van der Waals surface area contributed by atoms with Crippen LogP contribution >= 0.6 is 34.9 Å². The zero-order chi connectivity index (χ0) is 23.2. The van der Waals surface area contributed by atoms with Crippen LogP contribution < -0.4 is 4.72 Å². The first-order valence-corrected chi connectivity index (χ1v) is 12.7. The number of fused-ring (bicyclic) bond motifs is 1. The summed E-state index contributed by atoms with van der Waals surface area (Å²) in [7, 11) is 0. The molecule has 1 unspecified atom stereocenters. The lowest BCUT2D eigenvalue weighted by molar-refractivity contribution is -0.138. The van der Waals surface area contributed by atoms with E-state index in [0.29, 0.717) is 29.0 Å². The summed E-state index contributed by atoms with van der Waals surface area (Å²) in [4.78, 5) is 23.5. The molecule has 0 amide bonds. The van der Waals surface area contributed by atoms with Gasteiger partial charge in [0.25, 0.3) is 0 Å². The van der Waals surface area contributed by atoms with Gasteiger partial charge in [0, 0.05) is 41.3 Å². The van der Waals surface area contributed by atoms with E-state index in [0.717, 1.165) is 42.7 Å². The van der Waals surface area contributed by atoms with E-state index in [9.17, 15) is 9.18 Å². The number of carbonyl (C=O) groups is 1. The van der Waals surface area contributed by atoms with Gasteiger partial charge in [-0.3, -0.25) is 9.71 Å². The molecule has 0 bridgehead atoms. The molecule has 11 heteroatoms. The highest BCUT2D eigenvalue weighted by atomic mass is 35.5. The van der Waals surface area contributed by atoms with Crippen molar-refractivity contribution in [1.29, 1.82) is 0 Å². The Hall–Kier alpha value is -1.98. The van der Waals surface area contributed by atoms with Crippen LogP contribution in [-0.4, -0.2) is 65.9 Å². The average molecular weight is 511 g/mol. The predicted molar refractivity (Wildman–Crippen MR) is 129 cm³/mol. The molecule has 3 aliphatic heterocycles. The Morgan fingerprint density at radius 1 is 1.45 bits per heavy atom. The van der Waals surface area contributed by atoms with Crippen molar-refractivity contribution in [3.05, 3.63) is 63.0 Å². The van der Waals surface area contributed by atoms with E-state index in [4.69, 9.17) is 21.1 Å². The second-order valence-corrected chi connectivity index (χ2v) is 9.94. The zero-order valence-corrected chi connectivity index (χ0v) is 20.4. The molecule has 1 atom stereocenters. The minimum atomic E-state index is -0.294. The van der Waals surface area contributed by atoms with Gasteiger partial charge in [-0.25, -0.2) is 14.2 Å². The van der Waals surface area contributed by atoms with E-state index in [1.54, 1.807) is 41.6 Å². The molecule has 1 aromatic heterocycles. The Bertz CT molecular complexity index is 1010. The molecule has 2 aromatic rings. The van der Waals surface area contributed by atoms with Crippen LogP contribution in [0, 0.1) is 5.82 Å². The minimum absolute atomic E-state index is 0.258. The number of nitrogens with one attached hydrogen (secondary N) is 1. The van der Waals surface area contributed by atoms with Gasteiger partial charge in [-0.15, -0.1) is 11.3 Å². The largest absolute Gasteiger partial charge is 0.463 e. The van der Waals surface area contributed by atoms with Crippen molar-refractivity contribution in [2.24, 2.45) is 4.99 Å². The lowest BCUT2D eigenvalue weighted by Gasteiger charge is -2.27. The van der Waals surface area contributed by atoms with Crippen LogP contribution in [0.4, 0.5) is 4.39 Å². The summed E-state index contributed by atoms with van der Waals surface area (Å²) in [5.41, 5.74) is 1.69. The Kier molecular flexibility index (Phi) is 8.37. The van der Waals surface area contributed by atoms with Gasteiger partial charge < -0.3 is 14.4 Å². The summed E-state index contributed by atoms with van der Waals surface area (Å²) in [6, 6.07) is 6.07. The second kappa shape index (κ2) is 11.4. The number of aromatic nitrogens is 1. The Morgan fingerprint density at radius 3 is 2.91 bits per heavy atom. The summed E-state index contributed by atoms with van der Waals surface area (Å²) in [6.07, 6.45) is 2.57. The van der Waals surface area contributed by atoms with Gasteiger partial charge in [0.2, 0.25) is 0 Å². The lowest BCUT2D eigenvalue weighted by atomic mass is 10.1. The number of amidine groups is 1. The summed E-state index contributed by atoms with van der Waals surface area (Å²) in [5.74, 6) is 0.307. The van der Waals surface area contributed by atoms with Crippen LogP contribution in [0.5, 0.6) is 0 Å². The monoisotopic (exact) mass is 510 g/mol. The SMILES string of the molecule is CCOC(=O)C1=C2CC(NSC3COC3)CN2C(c2nccs2)=NC1.Fc1cccc(Cl)c1. The summed E-state index contributed by atoms with van der Waals surface area (Å²) in [6.45, 7) is 4.93. The first-order chi connectivity index (χ1) is 16.0. The first-order valence-electron chi connectivity index (χ1n) is 10.6. The molecule has 1 N–H and O–H groups in total. The number of benzene rings is 1. The number of thiazole rings is 1. The Morgan fingerprint density at radius 2 is 2.30 bits per heavy atom. The van der Waals surface area contributed by atoms with Crippen molar-refractivity contribution in [2.75, 3.05) is 32.9 Å². The molecule has 0 spiro atoms. The van der Waals surface area contributed by atoms with Crippen LogP contribution in [-0.2, 0) is 14.3 Å². The smallest absolute Gasteiger partial charge is 0.337 e. The molecule has 5 rings (SSSR count). The van der Waals surface area contributed by atoms with Crippen molar-refractivity contribution in [3.8, 4) is 0 Å². The van der Waals surface area contributed by atoms with E-state index < -0.39 is 0 Å². The van der Waals surface area contributed by atoms with Gasteiger partial charge in [0.1, 0.15) is 5.82 Å². The highest BCUT2D eigenvalue weighted by Crippen LogP contribution is 2.33. The first kappa shape index (κ1) is 24.2. The van der Waals surface area contributed by atoms with Crippen LogP contribution in [0.1, 0.15) is 18.4 Å². The number of rotatable bonds is 6. The third-order valence-electron chi connectivity index (χ3n) is 5.10. The van der Waals surface area contributed by atoms with Crippen molar-refractivity contribution >= 4 is 46.7 Å². The number of carbonyl (C=O) groups excluding carboxylic acids is 1. The molecule has 3 aliphatic rings. The Balaban J connectivity index is 0.000000275. The maximum atomic E-state index is 12.3. The topological polar surface area (TPSA) is 76.1 Å². The maximum Gasteiger partial charge on any atom is 0.337 e. The zero-order valence-electron chi connectivity index (χ0n) is 18.0. The van der Waals surface area contributed by atoms with E-state index >= 15 is 0 Å². The fourth-order valence-electron chi connectivity index (χ4n) is 3.50. The van der Waals surface area contributed by atoms with Crippen LogP contribution in [0.25, 0.3) is 0 Å². The van der Waals surface area contributed by atoms with Crippen LogP contribution in [0.3, 0.4) is 0 Å². The van der Waals surface area contributed by atoms with Crippen molar-refractivity contribution < 1.29 is 18.7 Å². The number of ether oxygens (including phenoxy) is 2. The molecule has 7 nitrogen and oxygen atoms in total. The predicted octanol–water partition coefficient (Wildman–Crippen LogP) is 3.91. The standard InChI is InChI=1S/C16H20N4O3S2.C6H4ClF/c1-2-23-16(21)12-6-18-14(15-17-3-4-24-15)20-7-10(5-13(12)20)19-25-11-8-22-9-11;7-5-2-1-3-6(8)4-5/h3-4,10-11,19H,2,5-9H2,1H3;1-4H. The molecular formula is C22H24ClFN4O3S2. The van der Waals surface area contributed by atoms with Gasteiger partial charge in [0.15, 0.2) is 10.8 Å². The Labute approximate surface area is 205 Å². The summed E-state index contributed by atoms with van der Waals surface area (Å²) >= 11 is 8.70. The van der Waals surface area contributed by atoms with E-state index in [2.05, 4.69) is 19.6 Å². The molecule has 2 fully saturated rings. The van der Waals surface area contributed by atoms with Gasteiger partial charge in [-0.05, 0) is 25.1 Å². The number of nitrogens with zero attached hydrogens (tertiary/aromatic N) is 3. The molecular weight excluding hydrogens is 487 g/mol. The molecule has 2 saturated heterocycles. The number of hydrogen-bond acceptors (Lipinski definition) is 9. The highest BCUT2D eigenvalue weighted by Gasteiger charge is 2.38. The quantitative estimate of drug-likeness (QED) is 0.466. The van der Waals surface area contributed by atoms with Gasteiger partial charge in [0.05, 0.1) is 37.2 Å². The fraction of sp³-hybridized carbons (Fsp3) is 0.409. The number of halogens is 2. The third-order valence-corrected chi connectivity index (χ3v) is 7.18. The molecule has 33 heavy (non-hydrogen) atoms. The van der Waals surface area contributed by atoms with E-state index in [1.807, 2.05) is 12.3 Å². The lowest BCUT2D eigenvalue weighted by Crippen LogP contribution is -2.38. The molecule has 1 aromatic carbocycles. The molecule has 176 valence electrons. The number of aliphatic imine (C=N–C) groups is 1. The summed E-state index contributed by atoms with van der Waals surface area (Å²) < 4.78 is 26.1. The molecule has 0 saturated carbocycles. The van der Waals surface area contributed by atoms with Crippen LogP contribution in [0.15, 0.2) is 52.1 Å². The van der Waals surface area contributed by atoms with E-state index in [-0.39, 0.29) is 17.8 Å². The van der Waals surface area contributed by atoms with Crippen molar-refractivity contribution in [3.63, 3.8) is 0 Å². The third kappa shape index (κ3) is 6.13. The van der Waals surface area contributed by atoms with E-state index in [1.165, 1.54) is 12.1 Å². The van der Waals surface area contributed by atoms with Crippen molar-refractivity contribution in [2.45, 2.75) is 24.6 Å². The molecule has 4 heterocycles. The fourth-order valence-corrected chi connectivity index (χ4v) is 5.20. The van der Waals surface area contributed by atoms with Gasteiger partial charge in [-0.2, -0.15) is 0 Å². The number of hydrogen-bond donors (Lipinski definition) is 1. The highest BCUT2D eigenvalue weighted by molar-refractivity contribution is 7.98. The molecule has 0 aliphatic carbocycles. The number of esters is 1. The van der Waals surface area contributed by atoms with Crippen LogP contribution in [0.2, 0.25) is 5.02 Å².